The molecule has 33 heavy (non-hydrogen) atoms. The molecule has 8 heteroatoms. The molecule has 5 rings (SSSR count). The van der Waals surface area contributed by atoms with Crippen LogP contribution >= 0.6 is 0 Å². The first-order valence-corrected chi connectivity index (χ1v) is 10.5. The maximum absolute atomic E-state index is 13.0. The molecule has 0 radical (unpaired) electrons. The van der Waals surface area contributed by atoms with Gasteiger partial charge in [-0.25, -0.2) is 9.97 Å². The van der Waals surface area contributed by atoms with Crippen molar-refractivity contribution in [2.24, 2.45) is 0 Å². The molecule has 0 aliphatic rings. The van der Waals surface area contributed by atoms with Gasteiger partial charge in [-0.1, -0.05) is 12.1 Å². The molecule has 0 bridgehead atoms. The number of aromatic nitrogens is 4. The predicted molar refractivity (Wildman–Crippen MR) is 125 cm³/mol. The Bertz CT molecular complexity index is 1450. The van der Waals surface area contributed by atoms with Gasteiger partial charge in [-0.15, -0.1) is 0 Å². The van der Waals surface area contributed by atoms with Crippen molar-refractivity contribution in [2.75, 3.05) is 13.7 Å². The van der Waals surface area contributed by atoms with Gasteiger partial charge in [0.05, 0.1) is 37.3 Å². The van der Waals surface area contributed by atoms with Crippen molar-refractivity contribution in [1.82, 2.24) is 19.5 Å². The number of aryl methyl sites for hydroxylation is 1. The topological polar surface area (TPSA) is 95.2 Å². The van der Waals surface area contributed by atoms with Crippen LogP contribution in [0.4, 0.5) is 0 Å². The van der Waals surface area contributed by atoms with Crippen LogP contribution in [0.3, 0.4) is 0 Å². The van der Waals surface area contributed by atoms with E-state index < -0.39 is 0 Å². The van der Waals surface area contributed by atoms with Gasteiger partial charge in [-0.3, -0.25) is 4.79 Å². The van der Waals surface area contributed by atoms with Crippen molar-refractivity contribution in [3.05, 3.63) is 83.5 Å². The summed E-state index contributed by atoms with van der Waals surface area (Å²) in [5.41, 5.74) is 3.80. The van der Waals surface area contributed by atoms with Crippen LogP contribution in [-0.4, -0.2) is 33.2 Å². The van der Waals surface area contributed by atoms with Crippen molar-refractivity contribution in [1.29, 1.82) is 0 Å². The van der Waals surface area contributed by atoms with Gasteiger partial charge in [-0.05, 0) is 24.6 Å². The molecule has 0 unspecified atom stereocenters. The number of hydrogen-bond donors (Lipinski definition) is 1. The third kappa shape index (κ3) is 4.10. The minimum atomic E-state index is -0.106. The van der Waals surface area contributed by atoms with Crippen LogP contribution in [0.2, 0.25) is 0 Å². The van der Waals surface area contributed by atoms with E-state index in [9.17, 15) is 4.79 Å². The molecular formula is C25H22N4O4. The number of benzene rings is 2. The van der Waals surface area contributed by atoms with E-state index in [-0.39, 0.29) is 5.43 Å². The zero-order valence-electron chi connectivity index (χ0n) is 18.2. The molecule has 5 aromatic rings. The van der Waals surface area contributed by atoms with Gasteiger partial charge in [0.25, 0.3) is 0 Å². The number of pyridine rings is 1. The minimum Gasteiger partial charge on any atom is -0.496 e. The van der Waals surface area contributed by atoms with Gasteiger partial charge in [0.15, 0.2) is 17.6 Å². The number of fused-ring (bicyclic) bond motifs is 1. The Hall–Kier alpha value is -4.33. The van der Waals surface area contributed by atoms with Crippen LogP contribution in [0.15, 0.2) is 76.9 Å². The number of oxazole rings is 1. The number of nitrogens with one attached hydrogen (secondary N) is 1. The highest BCUT2D eigenvalue weighted by atomic mass is 16.5. The Balaban J connectivity index is 1.49. The SMILES string of the molecule is COc1cc2[nH]c(-c3ccc(C)c(OCCn4ccnc4)c3)cc(=O)c2cc1-c1cnco1. The second-order valence-corrected chi connectivity index (χ2v) is 7.64. The third-order valence-electron chi connectivity index (χ3n) is 5.51. The van der Waals surface area contributed by atoms with E-state index in [1.54, 1.807) is 44.0 Å². The smallest absolute Gasteiger partial charge is 0.190 e. The molecule has 0 spiro atoms. The lowest BCUT2D eigenvalue weighted by Crippen LogP contribution is -2.07. The average Bonchev–Trinajstić information content (AvgIpc) is 3.54. The maximum Gasteiger partial charge on any atom is 0.190 e. The summed E-state index contributed by atoms with van der Waals surface area (Å²) in [4.78, 5) is 24.4. The summed E-state index contributed by atoms with van der Waals surface area (Å²) >= 11 is 0. The van der Waals surface area contributed by atoms with Gasteiger partial charge in [-0.2, -0.15) is 0 Å². The fourth-order valence-electron chi connectivity index (χ4n) is 3.75. The number of nitrogens with zero attached hydrogens (tertiary/aromatic N) is 3. The Labute approximate surface area is 189 Å². The van der Waals surface area contributed by atoms with Crippen LogP contribution in [0, 0.1) is 6.92 Å². The maximum atomic E-state index is 13.0. The molecule has 0 atom stereocenters. The van der Waals surface area contributed by atoms with E-state index in [4.69, 9.17) is 13.9 Å². The van der Waals surface area contributed by atoms with Gasteiger partial charge < -0.3 is 23.4 Å². The summed E-state index contributed by atoms with van der Waals surface area (Å²) in [7, 11) is 1.58. The Morgan fingerprint density at radius 1 is 1.12 bits per heavy atom. The largest absolute Gasteiger partial charge is 0.496 e. The second kappa shape index (κ2) is 8.66. The fraction of sp³-hybridized carbons (Fsp3) is 0.160. The number of hydrogen-bond acceptors (Lipinski definition) is 6. The van der Waals surface area contributed by atoms with Gasteiger partial charge >= 0.3 is 0 Å². The van der Waals surface area contributed by atoms with E-state index >= 15 is 0 Å². The van der Waals surface area contributed by atoms with Gasteiger partial charge in [0.2, 0.25) is 0 Å². The molecule has 2 aromatic carbocycles. The first-order valence-electron chi connectivity index (χ1n) is 10.5. The highest BCUT2D eigenvalue weighted by molar-refractivity contribution is 5.88. The summed E-state index contributed by atoms with van der Waals surface area (Å²) in [6, 6.07) is 11.1. The third-order valence-corrected chi connectivity index (χ3v) is 5.51. The summed E-state index contributed by atoms with van der Waals surface area (Å²) in [6.07, 6.45) is 8.33. The standard InChI is InChI=1S/C25H22N4O4/c1-16-3-4-17(9-23(16)32-8-7-29-6-5-26-14-29)20-11-22(30)18-10-19(25-13-27-15-33-25)24(31-2)12-21(18)28-20/h3-6,9-15H,7-8H2,1-2H3,(H,28,30). The molecule has 3 heterocycles. The zero-order chi connectivity index (χ0) is 22.8. The molecule has 0 saturated carbocycles. The van der Waals surface area contributed by atoms with Crippen molar-refractivity contribution < 1.29 is 13.9 Å². The number of ether oxygens (including phenoxy) is 2. The van der Waals surface area contributed by atoms with Gasteiger partial charge in [0, 0.05) is 41.2 Å². The van der Waals surface area contributed by atoms with Crippen LogP contribution < -0.4 is 14.9 Å². The highest BCUT2D eigenvalue weighted by Gasteiger charge is 2.14. The van der Waals surface area contributed by atoms with Gasteiger partial charge in [0.1, 0.15) is 18.1 Å². The van der Waals surface area contributed by atoms with Crippen LogP contribution in [0.5, 0.6) is 11.5 Å². The van der Waals surface area contributed by atoms with Crippen molar-refractivity contribution in [2.45, 2.75) is 13.5 Å². The Kier molecular flexibility index (Phi) is 5.40. The second-order valence-electron chi connectivity index (χ2n) is 7.64. The zero-order valence-corrected chi connectivity index (χ0v) is 18.2. The minimum absolute atomic E-state index is 0.106. The molecule has 1 N–H and O–H groups in total. The number of H-pyrrole nitrogens is 1. The summed E-state index contributed by atoms with van der Waals surface area (Å²) < 4.78 is 18.9. The fourth-order valence-corrected chi connectivity index (χ4v) is 3.75. The molecule has 8 nitrogen and oxygen atoms in total. The van der Waals surface area contributed by atoms with Crippen LogP contribution in [0.25, 0.3) is 33.5 Å². The molecule has 0 amide bonds. The molecule has 166 valence electrons. The molecule has 0 aliphatic heterocycles. The van der Waals surface area contributed by atoms with E-state index in [0.29, 0.717) is 46.8 Å². The predicted octanol–water partition coefficient (Wildman–Crippen LogP) is 4.44. The van der Waals surface area contributed by atoms with Crippen molar-refractivity contribution in [3.63, 3.8) is 0 Å². The highest BCUT2D eigenvalue weighted by Crippen LogP contribution is 2.33. The molecule has 0 fully saturated rings. The number of imidazole rings is 1. The monoisotopic (exact) mass is 442 g/mol. The first kappa shape index (κ1) is 20.6. The Morgan fingerprint density at radius 3 is 2.79 bits per heavy atom. The molecule has 3 aromatic heterocycles. The Morgan fingerprint density at radius 2 is 2.03 bits per heavy atom. The number of methoxy groups -OCH3 is 1. The lowest BCUT2D eigenvalue weighted by atomic mass is 10.0. The lowest BCUT2D eigenvalue weighted by Gasteiger charge is -2.13. The lowest BCUT2D eigenvalue weighted by molar-refractivity contribution is 0.296. The first-order chi connectivity index (χ1) is 16.1. The summed E-state index contributed by atoms with van der Waals surface area (Å²) in [5.74, 6) is 1.89. The van der Waals surface area contributed by atoms with Crippen molar-refractivity contribution in [3.8, 4) is 34.1 Å². The average molecular weight is 442 g/mol. The molecule has 0 aliphatic carbocycles. The van der Waals surface area contributed by atoms with Crippen LogP contribution in [0.1, 0.15) is 5.56 Å². The summed E-state index contributed by atoms with van der Waals surface area (Å²) in [5, 5.41) is 0.537. The number of aromatic amines is 1. The molecule has 0 saturated heterocycles. The molecular weight excluding hydrogens is 420 g/mol. The van der Waals surface area contributed by atoms with Crippen molar-refractivity contribution >= 4 is 10.9 Å². The normalized spacial score (nSPS) is 11.1. The van der Waals surface area contributed by atoms with E-state index in [1.165, 1.54) is 6.39 Å². The quantitative estimate of drug-likeness (QED) is 0.400. The van der Waals surface area contributed by atoms with E-state index in [0.717, 1.165) is 16.9 Å². The van der Waals surface area contributed by atoms with Crippen LogP contribution in [-0.2, 0) is 6.54 Å². The van der Waals surface area contributed by atoms with E-state index in [1.807, 2.05) is 35.9 Å². The van der Waals surface area contributed by atoms with E-state index in [2.05, 4.69) is 15.0 Å². The number of rotatable bonds is 7. The summed E-state index contributed by atoms with van der Waals surface area (Å²) in [6.45, 7) is 3.20.